The lowest BCUT2D eigenvalue weighted by Crippen LogP contribution is -2.36. The van der Waals surface area contributed by atoms with Gasteiger partial charge in [0.2, 0.25) is 5.91 Å². The maximum Gasteiger partial charge on any atom is 0.226 e. The van der Waals surface area contributed by atoms with Crippen LogP contribution in [0, 0.1) is 5.92 Å². The molecule has 0 aromatic carbocycles. The molecule has 0 aliphatic heterocycles. The highest BCUT2D eigenvalue weighted by Crippen LogP contribution is 2.09. The summed E-state index contributed by atoms with van der Waals surface area (Å²) < 4.78 is 0. The van der Waals surface area contributed by atoms with Crippen molar-refractivity contribution in [3.05, 3.63) is 30.1 Å². The number of aromatic nitrogens is 1. The van der Waals surface area contributed by atoms with Gasteiger partial charge in [0, 0.05) is 32.5 Å². The zero-order chi connectivity index (χ0) is 12.7. The zero-order valence-corrected chi connectivity index (χ0v) is 10.8. The van der Waals surface area contributed by atoms with Gasteiger partial charge in [-0.25, -0.2) is 0 Å². The van der Waals surface area contributed by atoms with Crippen LogP contribution < -0.4 is 5.32 Å². The van der Waals surface area contributed by atoms with Crippen LogP contribution in [0.1, 0.15) is 18.9 Å². The highest BCUT2D eigenvalue weighted by Gasteiger charge is 2.19. The Labute approximate surface area is 103 Å². The second-order valence-electron chi connectivity index (χ2n) is 4.22. The molecule has 94 valence electrons. The van der Waals surface area contributed by atoms with Gasteiger partial charge in [-0.05, 0) is 25.1 Å². The maximum absolute atomic E-state index is 12.1. The number of rotatable bonds is 6. The summed E-state index contributed by atoms with van der Waals surface area (Å²) in [4.78, 5) is 17.9. The van der Waals surface area contributed by atoms with E-state index in [0.717, 1.165) is 18.5 Å². The number of amides is 1. The Morgan fingerprint density at radius 2 is 2.35 bits per heavy atom. The predicted octanol–water partition coefficient (Wildman–Crippen LogP) is 1.29. The van der Waals surface area contributed by atoms with Crippen molar-refractivity contribution in [2.75, 3.05) is 20.6 Å². The summed E-state index contributed by atoms with van der Waals surface area (Å²) in [7, 11) is 3.71. The van der Waals surface area contributed by atoms with E-state index < -0.39 is 0 Å². The second-order valence-corrected chi connectivity index (χ2v) is 4.22. The van der Waals surface area contributed by atoms with E-state index in [1.54, 1.807) is 17.3 Å². The van der Waals surface area contributed by atoms with E-state index in [-0.39, 0.29) is 11.8 Å². The number of nitrogens with zero attached hydrogens (tertiary/aromatic N) is 2. The van der Waals surface area contributed by atoms with Crippen molar-refractivity contribution >= 4 is 5.91 Å². The summed E-state index contributed by atoms with van der Waals surface area (Å²) in [5, 5.41) is 3.06. The zero-order valence-electron chi connectivity index (χ0n) is 10.8. The average Bonchev–Trinajstić information content (AvgIpc) is 2.36. The molecule has 1 rings (SSSR count). The van der Waals surface area contributed by atoms with E-state index in [1.807, 2.05) is 33.2 Å². The lowest BCUT2D eigenvalue weighted by Gasteiger charge is -2.22. The van der Waals surface area contributed by atoms with Gasteiger partial charge in [0.15, 0.2) is 0 Å². The molecular weight excluding hydrogens is 214 g/mol. The van der Waals surface area contributed by atoms with Crippen molar-refractivity contribution in [3.8, 4) is 0 Å². The average molecular weight is 235 g/mol. The van der Waals surface area contributed by atoms with Crippen molar-refractivity contribution in [1.82, 2.24) is 15.2 Å². The SMILES string of the molecule is CCC(CNC)C(=O)N(C)Cc1cccnc1. The standard InChI is InChI=1S/C13H21N3O/c1-4-12(9-14-2)13(17)16(3)10-11-6-5-7-15-8-11/h5-8,12,14H,4,9-10H2,1-3H3. The van der Waals surface area contributed by atoms with Crippen molar-refractivity contribution < 1.29 is 4.79 Å². The minimum Gasteiger partial charge on any atom is -0.341 e. The molecule has 1 atom stereocenters. The van der Waals surface area contributed by atoms with Crippen LogP contribution in [-0.2, 0) is 11.3 Å². The van der Waals surface area contributed by atoms with E-state index in [0.29, 0.717) is 6.54 Å². The Kier molecular flexibility index (Phi) is 5.63. The van der Waals surface area contributed by atoms with Crippen LogP contribution >= 0.6 is 0 Å². The molecule has 0 saturated heterocycles. The first-order valence-corrected chi connectivity index (χ1v) is 5.97. The minimum absolute atomic E-state index is 0.0571. The summed E-state index contributed by atoms with van der Waals surface area (Å²) in [5.74, 6) is 0.243. The van der Waals surface area contributed by atoms with Crippen LogP contribution in [0.5, 0.6) is 0 Å². The van der Waals surface area contributed by atoms with Gasteiger partial charge in [0.05, 0.1) is 5.92 Å². The van der Waals surface area contributed by atoms with Gasteiger partial charge in [-0.1, -0.05) is 13.0 Å². The highest BCUT2D eigenvalue weighted by atomic mass is 16.2. The number of carbonyl (C=O) groups excluding carboxylic acids is 1. The van der Waals surface area contributed by atoms with E-state index in [1.165, 1.54) is 0 Å². The molecule has 0 bridgehead atoms. The Bertz CT molecular complexity index is 340. The lowest BCUT2D eigenvalue weighted by molar-refractivity contribution is -0.134. The van der Waals surface area contributed by atoms with E-state index in [4.69, 9.17) is 0 Å². The van der Waals surface area contributed by atoms with Gasteiger partial charge in [0.25, 0.3) is 0 Å². The fourth-order valence-electron chi connectivity index (χ4n) is 1.81. The molecule has 0 aliphatic rings. The Morgan fingerprint density at radius 1 is 1.59 bits per heavy atom. The van der Waals surface area contributed by atoms with E-state index in [2.05, 4.69) is 10.3 Å². The number of nitrogens with one attached hydrogen (secondary N) is 1. The largest absolute Gasteiger partial charge is 0.341 e. The summed E-state index contributed by atoms with van der Waals surface area (Å²) >= 11 is 0. The number of hydrogen-bond donors (Lipinski definition) is 1. The van der Waals surface area contributed by atoms with Crippen molar-refractivity contribution in [1.29, 1.82) is 0 Å². The van der Waals surface area contributed by atoms with Crippen LogP contribution in [0.2, 0.25) is 0 Å². The monoisotopic (exact) mass is 235 g/mol. The van der Waals surface area contributed by atoms with E-state index >= 15 is 0 Å². The molecule has 1 amide bonds. The van der Waals surface area contributed by atoms with Gasteiger partial charge in [-0.2, -0.15) is 0 Å². The highest BCUT2D eigenvalue weighted by molar-refractivity contribution is 5.78. The van der Waals surface area contributed by atoms with E-state index in [9.17, 15) is 4.79 Å². The summed E-state index contributed by atoms with van der Waals surface area (Å²) in [6.07, 6.45) is 4.39. The smallest absolute Gasteiger partial charge is 0.226 e. The van der Waals surface area contributed by atoms with Crippen LogP contribution in [0.4, 0.5) is 0 Å². The third-order valence-electron chi connectivity index (χ3n) is 2.81. The van der Waals surface area contributed by atoms with Crippen molar-refractivity contribution in [2.45, 2.75) is 19.9 Å². The van der Waals surface area contributed by atoms with Gasteiger partial charge >= 0.3 is 0 Å². The van der Waals surface area contributed by atoms with Crippen molar-refractivity contribution in [2.24, 2.45) is 5.92 Å². The molecule has 0 spiro atoms. The third-order valence-corrected chi connectivity index (χ3v) is 2.81. The van der Waals surface area contributed by atoms with Gasteiger partial charge in [0.1, 0.15) is 0 Å². The fourth-order valence-corrected chi connectivity index (χ4v) is 1.81. The minimum atomic E-state index is 0.0571. The van der Waals surface area contributed by atoms with Crippen LogP contribution in [0.3, 0.4) is 0 Å². The molecule has 0 fully saturated rings. The Hall–Kier alpha value is -1.42. The first-order chi connectivity index (χ1) is 8.19. The van der Waals surface area contributed by atoms with Gasteiger partial charge < -0.3 is 10.2 Å². The second kappa shape index (κ2) is 7.01. The Morgan fingerprint density at radius 3 is 2.88 bits per heavy atom. The molecule has 17 heavy (non-hydrogen) atoms. The third kappa shape index (κ3) is 4.15. The summed E-state index contributed by atoms with van der Waals surface area (Å²) in [6, 6.07) is 3.87. The molecule has 1 N–H and O–H groups in total. The normalized spacial score (nSPS) is 12.2. The van der Waals surface area contributed by atoms with Crippen LogP contribution in [-0.4, -0.2) is 36.4 Å². The topological polar surface area (TPSA) is 45.2 Å². The molecular formula is C13H21N3O. The molecule has 1 heterocycles. The van der Waals surface area contributed by atoms with Crippen molar-refractivity contribution in [3.63, 3.8) is 0 Å². The maximum atomic E-state index is 12.1. The van der Waals surface area contributed by atoms with Crippen LogP contribution in [0.25, 0.3) is 0 Å². The predicted molar refractivity (Wildman–Crippen MR) is 68.4 cm³/mol. The lowest BCUT2D eigenvalue weighted by atomic mass is 10.1. The number of carbonyl (C=O) groups is 1. The van der Waals surface area contributed by atoms with Gasteiger partial charge in [-0.15, -0.1) is 0 Å². The molecule has 4 heteroatoms. The number of pyridine rings is 1. The summed E-state index contributed by atoms with van der Waals surface area (Å²) in [5.41, 5.74) is 1.06. The molecule has 1 unspecified atom stereocenters. The molecule has 0 radical (unpaired) electrons. The molecule has 0 aliphatic carbocycles. The molecule has 1 aromatic heterocycles. The van der Waals surface area contributed by atoms with Gasteiger partial charge in [-0.3, -0.25) is 9.78 Å². The van der Waals surface area contributed by atoms with Crippen LogP contribution in [0.15, 0.2) is 24.5 Å². The first-order valence-electron chi connectivity index (χ1n) is 5.97. The quantitative estimate of drug-likeness (QED) is 0.808. The molecule has 0 saturated carbocycles. The fraction of sp³-hybridized carbons (Fsp3) is 0.538. The first kappa shape index (κ1) is 13.6. The molecule has 4 nitrogen and oxygen atoms in total. The summed E-state index contributed by atoms with van der Waals surface area (Å²) in [6.45, 7) is 3.39. The molecule has 1 aromatic rings. The Balaban J connectivity index is 2.57. The number of hydrogen-bond acceptors (Lipinski definition) is 3.